The molecule has 2 N–H and O–H groups in total. The quantitative estimate of drug-likeness (QED) is 0.544. The van der Waals surface area contributed by atoms with Crippen molar-refractivity contribution < 1.29 is 14.3 Å². The van der Waals surface area contributed by atoms with Crippen molar-refractivity contribution in [1.82, 2.24) is 5.32 Å². The molecule has 2 aromatic carbocycles. The van der Waals surface area contributed by atoms with Crippen LogP contribution in [0, 0.1) is 0 Å². The highest BCUT2D eigenvalue weighted by Gasteiger charge is 2.05. The summed E-state index contributed by atoms with van der Waals surface area (Å²) in [5.41, 5.74) is 2.66. The minimum absolute atomic E-state index is 0.0340. The number of methoxy groups -OCH3 is 1. The zero-order chi connectivity index (χ0) is 17.9. The van der Waals surface area contributed by atoms with Gasteiger partial charge in [0.15, 0.2) is 0 Å². The Hall–Kier alpha value is -2.82. The molecule has 0 saturated heterocycles. The van der Waals surface area contributed by atoms with E-state index in [1.165, 1.54) is 12.7 Å². The van der Waals surface area contributed by atoms with E-state index < -0.39 is 0 Å². The first kappa shape index (κ1) is 18.5. The lowest BCUT2D eigenvalue weighted by Crippen LogP contribution is -2.26. The normalized spacial score (nSPS) is 10.1. The second-order valence-electron chi connectivity index (χ2n) is 5.68. The van der Waals surface area contributed by atoms with E-state index >= 15 is 0 Å². The lowest BCUT2D eigenvalue weighted by Gasteiger charge is -2.08. The number of carbonyl (C=O) groups is 2. The van der Waals surface area contributed by atoms with Crippen LogP contribution in [0.1, 0.15) is 28.8 Å². The van der Waals surface area contributed by atoms with Gasteiger partial charge < -0.3 is 15.4 Å². The van der Waals surface area contributed by atoms with Crippen LogP contribution >= 0.6 is 0 Å². The van der Waals surface area contributed by atoms with Crippen molar-refractivity contribution in [2.24, 2.45) is 0 Å². The SMILES string of the molecule is COC(=O)c1ccc(NCCC(=O)NCCCc2ccccc2)cc1. The summed E-state index contributed by atoms with van der Waals surface area (Å²) in [6.45, 7) is 1.23. The van der Waals surface area contributed by atoms with E-state index in [0.29, 0.717) is 25.1 Å². The molecular weight excluding hydrogens is 316 g/mol. The second kappa shape index (κ2) is 10.1. The fourth-order valence-electron chi connectivity index (χ4n) is 2.42. The summed E-state index contributed by atoms with van der Waals surface area (Å²) in [7, 11) is 1.35. The van der Waals surface area contributed by atoms with Gasteiger partial charge in [0.1, 0.15) is 0 Å². The van der Waals surface area contributed by atoms with E-state index in [0.717, 1.165) is 18.5 Å². The Balaban J connectivity index is 1.59. The van der Waals surface area contributed by atoms with E-state index in [4.69, 9.17) is 0 Å². The highest BCUT2D eigenvalue weighted by Crippen LogP contribution is 2.10. The van der Waals surface area contributed by atoms with Gasteiger partial charge in [-0.25, -0.2) is 4.79 Å². The maximum absolute atomic E-state index is 11.8. The van der Waals surface area contributed by atoms with Crippen LogP contribution in [-0.4, -0.2) is 32.1 Å². The van der Waals surface area contributed by atoms with Gasteiger partial charge in [0.25, 0.3) is 0 Å². The second-order valence-corrected chi connectivity index (χ2v) is 5.68. The molecule has 0 saturated carbocycles. The summed E-state index contributed by atoms with van der Waals surface area (Å²) < 4.78 is 4.65. The average Bonchev–Trinajstić information content (AvgIpc) is 2.66. The number of esters is 1. The monoisotopic (exact) mass is 340 g/mol. The summed E-state index contributed by atoms with van der Waals surface area (Å²) in [5.74, 6) is -0.326. The smallest absolute Gasteiger partial charge is 0.337 e. The molecule has 5 heteroatoms. The number of hydrogen-bond donors (Lipinski definition) is 2. The first-order valence-electron chi connectivity index (χ1n) is 8.42. The van der Waals surface area contributed by atoms with E-state index in [1.54, 1.807) is 24.3 Å². The molecule has 0 spiro atoms. The van der Waals surface area contributed by atoms with Crippen molar-refractivity contribution >= 4 is 17.6 Å². The Labute approximate surface area is 148 Å². The van der Waals surface area contributed by atoms with Crippen molar-refractivity contribution in [2.45, 2.75) is 19.3 Å². The Morgan fingerprint density at radius 2 is 1.68 bits per heavy atom. The molecule has 5 nitrogen and oxygen atoms in total. The summed E-state index contributed by atoms with van der Waals surface area (Å²) in [5, 5.41) is 6.09. The van der Waals surface area contributed by atoms with Gasteiger partial charge in [-0.15, -0.1) is 0 Å². The van der Waals surface area contributed by atoms with Crippen molar-refractivity contribution in [3.63, 3.8) is 0 Å². The molecule has 0 heterocycles. The van der Waals surface area contributed by atoms with E-state index in [9.17, 15) is 9.59 Å². The topological polar surface area (TPSA) is 67.4 Å². The van der Waals surface area contributed by atoms with E-state index in [-0.39, 0.29) is 11.9 Å². The van der Waals surface area contributed by atoms with Gasteiger partial charge in [0.05, 0.1) is 12.7 Å². The van der Waals surface area contributed by atoms with Crippen molar-refractivity contribution in [1.29, 1.82) is 0 Å². The standard InChI is InChI=1S/C20H24N2O3/c1-25-20(24)17-9-11-18(12-10-17)21-15-13-19(23)22-14-5-8-16-6-3-2-4-7-16/h2-4,6-7,9-12,21H,5,8,13-15H2,1H3,(H,22,23). The summed E-state index contributed by atoms with van der Waals surface area (Å²) in [6, 6.07) is 17.2. The number of rotatable bonds is 9. The molecule has 0 bridgehead atoms. The molecule has 25 heavy (non-hydrogen) atoms. The van der Waals surface area contributed by atoms with Gasteiger partial charge in [-0.05, 0) is 42.7 Å². The third-order valence-electron chi connectivity index (χ3n) is 3.79. The summed E-state index contributed by atoms with van der Waals surface area (Å²) >= 11 is 0. The highest BCUT2D eigenvalue weighted by molar-refractivity contribution is 5.89. The number of benzene rings is 2. The first-order chi connectivity index (χ1) is 12.2. The molecule has 1 amide bonds. The molecule has 132 valence electrons. The number of aryl methyl sites for hydroxylation is 1. The van der Waals surface area contributed by atoms with Gasteiger partial charge >= 0.3 is 5.97 Å². The predicted octanol–water partition coefficient (Wildman–Crippen LogP) is 3.02. The maximum atomic E-state index is 11.8. The molecule has 2 rings (SSSR count). The molecule has 0 unspecified atom stereocenters. The summed E-state index contributed by atoms with van der Waals surface area (Å²) in [4.78, 5) is 23.2. The molecule has 0 atom stereocenters. The molecular formula is C20H24N2O3. The molecule has 2 aromatic rings. The van der Waals surface area contributed by atoms with Gasteiger partial charge in [-0.3, -0.25) is 4.79 Å². The molecule has 0 radical (unpaired) electrons. The number of nitrogens with one attached hydrogen (secondary N) is 2. The minimum Gasteiger partial charge on any atom is -0.465 e. The summed E-state index contributed by atoms with van der Waals surface area (Å²) in [6.07, 6.45) is 2.30. The largest absolute Gasteiger partial charge is 0.465 e. The fourth-order valence-corrected chi connectivity index (χ4v) is 2.42. The molecule has 0 fully saturated rings. The number of hydrogen-bond acceptors (Lipinski definition) is 4. The minimum atomic E-state index is -0.360. The first-order valence-corrected chi connectivity index (χ1v) is 8.42. The molecule has 0 aliphatic heterocycles. The van der Waals surface area contributed by atoms with Gasteiger partial charge in [-0.1, -0.05) is 30.3 Å². The lowest BCUT2D eigenvalue weighted by molar-refractivity contribution is -0.120. The zero-order valence-electron chi connectivity index (χ0n) is 14.5. The van der Waals surface area contributed by atoms with Crippen molar-refractivity contribution in [2.75, 3.05) is 25.5 Å². The van der Waals surface area contributed by atoms with Crippen LogP contribution in [0.4, 0.5) is 5.69 Å². The van der Waals surface area contributed by atoms with Crippen LogP contribution in [-0.2, 0) is 16.0 Å². The Morgan fingerprint density at radius 3 is 2.36 bits per heavy atom. The number of carbonyl (C=O) groups excluding carboxylic acids is 2. The van der Waals surface area contributed by atoms with E-state index in [1.807, 2.05) is 18.2 Å². The third-order valence-corrected chi connectivity index (χ3v) is 3.79. The van der Waals surface area contributed by atoms with Gasteiger partial charge in [0, 0.05) is 25.2 Å². The van der Waals surface area contributed by atoms with Crippen LogP contribution < -0.4 is 10.6 Å². The molecule has 0 aromatic heterocycles. The molecule has 0 aliphatic carbocycles. The molecule has 0 aliphatic rings. The maximum Gasteiger partial charge on any atom is 0.337 e. The third kappa shape index (κ3) is 6.67. The Bertz CT molecular complexity index is 669. The Morgan fingerprint density at radius 1 is 0.960 bits per heavy atom. The van der Waals surface area contributed by atoms with Gasteiger partial charge in [-0.2, -0.15) is 0 Å². The van der Waals surface area contributed by atoms with Crippen LogP contribution in [0.15, 0.2) is 54.6 Å². The van der Waals surface area contributed by atoms with Crippen molar-refractivity contribution in [3.8, 4) is 0 Å². The van der Waals surface area contributed by atoms with E-state index in [2.05, 4.69) is 27.5 Å². The van der Waals surface area contributed by atoms with Crippen LogP contribution in [0.25, 0.3) is 0 Å². The zero-order valence-corrected chi connectivity index (χ0v) is 14.5. The van der Waals surface area contributed by atoms with Crippen molar-refractivity contribution in [3.05, 3.63) is 65.7 Å². The van der Waals surface area contributed by atoms with Crippen LogP contribution in [0.2, 0.25) is 0 Å². The number of amides is 1. The number of ether oxygens (including phenoxy) is 1. The van der Waals surface area contributed by atoms with Crippen LogP contribution in [0.3, 0.4) is 0 Å². The lowest BCUT2D eigenvalue weighted by atomic mass is 10.1. The number of anilines is 1. The average molecular weight is 340 g/mol. The van der Waals surface area contributed by atoms with Gasteiger partial charge in [0.2, 0.25) is 5.91 Å². The van der Waals surface area contributed by atoms with Crippen LogP contribution in [0.5, 0.6) is 0 Å². The highest BCUT2D eigenvalue weighted by atomic mass is 16.5. The Kier molecular flexibility index (Phi) is 7.50. The fraction of sp³-hybridized carbons (Fsp3) is 0.300. The predicted molar refractivity (Wildman–Crippen MR) is 98.7 cm³/mol.